The summed E-state index contributed by atoms with van der Waals surface area (Å²) < 4.78 is 27.5. The number of carbonyl (C=O) groups is 1. The maximum absolute atomic E-state index is 14.2. The zero-order chi connectivity index (χ0) is 21.9. The van der Waals surface area contributed by atoms with Crippen LogP contribution >= 0.6 is 11.6 Å². The molecule has 0 spiro atoms. The zero-order valence-corrected chi connectivity index (χ0v) is 18.0. The van der Waals surface area contributed by atoms with Gasteiger partial charge in [0.05, 0.1) is 12.3 Å². The average molecular weight is 435 g/mol. The first-order valence-electron chi connectivity index (χ1n) is 9.81. The highest BCUT2D eigenvalue weighted by atomic mass is 35.5. The summed E-state index contributed by atoms with van der Waals surface area (Å²) in [4.78, 5) is 20.1. The lowest BCUT2D eigenvalue weighted by molar-refractivity contribution is -0.135. The highest BCUT2D eigenvalue weighted by molar-refractivity contribution is 6.30. The Kier molecular flexibility index (Phi) is 6.76. The number of amides is 1. The molecule has 0 bridgehead atoms. The summed E-state index contributed by atoms with van der Waals surface area (Å²) in [5, 5.41) is 4.79. The van der Waals surface area contributed by atoms with Crippen LogP contribution in [0.2, 0.25) is 5.02 Å². The summed E-state index contributed by atoms with van der Waals surface area (Å²) in [5.41, 5.74) is 1.71. The van der Waals surface area contributed by atoms with E-state index in [0.717, 1.165) is 17.3 Å². The molecule has 2 aromatic rings. The molecule has 0 fully saturated rings. The predicted molar refractivity (Wildman–Crippen MR) is 113 cm³/mol. The van der Waals surface area contributed by atoms with Gasteiger partial charge in [0.2, 0.25) is 5.91 Å². The molecule has 0 saturated heterocycles. The van der Waals surface area contributed by atoms with Crippen LogP contribution < -0.4 is 0 Å². The third-order valence-corrected chi connectivity index (χ3v) is 5.00. The van der Waals surface area contributed by atoms with E-state index in [0.29, 0.717) is 17.9 Å². The van der Waals surface area contributed by atoms with Crippen LogP contribution in [0.5, 0.6) is 0 Å². The van der Waals surface area contributed by atoms with Crippen molar-refractivity contribution in [1.29, 1.82) is 0 Å². The van der Waals surface area contributed by atoms with Crippen molar-refractivity contribution in [1.82, 2.24) is 4.90 Å². The van der Waals surface area contributed by atoms with Gasteiger partial charge < -0.3 is 9.74 Å². The second kappa shape index (κ2) is 9.13. The van der Waals surface area contributed by atoms with Gasteiger partial charge in [-0.25, -0.2) is 8.78 Å². The number of hydrogen-bond donors (Lipinski definition) is 0. The van der Waals surface area contributed by atoms with Crippen molar-refractivity contribution in [2.24, 2.45) is 10.6 Å². The average Bonchev–Trinajstić information content (AvgIpc) is 3.11. The van der Waals surface area contributed by atoms with Crippen LogP contribution in [0.15, 0.2) is 47.6 Å². The van der Waals surface area contributed by atoms with Gasteiger partial charge in [-0.2, -0.15) is 0 Å². The van der Waals surface area contributed by atoms with Gasteiger partial charge >= 0.3 is 0 Å². The number of hydrogen-bond acceptors (Lipinski definition) is 3. The molecule has 1 atom stereocenters. The topological polar surface area (TPSA) is 41.9 Å². The lowest BCUT2D eigenvalue weighted by Gasteiger charge is -2.28. The molecular formula is C23H25ClF2N2O2. The Morgan fingerprint density at radius 2 is 1.90 bits per heavy atom. The van der Waals surface area contributed by atoms with E-state index in [1.54, 1.807) is 17.0 Å². The maximum Gasteiger partial charge on any atom is 0.223 e. The fraction of sp³-hybridized carbons (Fsp3) is 0.391. The van der Waals surface area contributed by atoms with Gasteiger partial charge in [-0.05, 0) is 29.2 Å². The SMILES string of the molecule is CC(C)(C)CC(=O)N(Cc1ccc(F)cc1F)CC1CC(c2ccc(Cl)cc2)=NO1. The standard InChI is InChI=1S/C23H25ClF2N2O2/c1-23(2,3)12-22(29)28(13-16-6-9-18(25)10-20(16)26)14-19-11-21(27-30-19)15-4-7-17(24)8-5-15/h4-10,19H,11-14H2,1-3H3. The zero-order valence-electron chi connectivity index (χ0n) is 17.3. The summed E-state index contributed by atoms with van der Waals surface area (Å²) >= 11 is 5.93. The van der Waals surface area contributed by atoms with E-state index < -0.39 is 11.6 Å². The molecule has 1 heterocycles. The highest BCUT2D eigenvalue weighted by Crippen LogP contribution is 2.24. The first-order chi connectivity index (χ1) is 14.1. The summed E-state index contributed by atoms with van der Waals surface area (Å²) in [6, 6.07) is 10.7. The number of benzene rings is 2. The number of oxime groups is 1. The van der Waals surface area contributed by atoms with Crippen LogP contribution in [0.25, 0.3) is 0 Å². The minimum atomic E-state index is -0.672. The van der Waals surface area contributed by atoms with Crippen molar-refractivity contribution in [2.45, 2.75) is 46.3 Å². The van der Waals surface area contributed by atoms with Crippen molar-refractivity contribution in [3.8, 4) is 0 Å². The fourth-order valence-corrected chi connectivity index (χ4v) is 3.39. The Morgan fingerprint density at radius 3 is 2.53 bits per heavy atom. The molecule has 1 aliphatic heterocycles. The van der Waals surface area contributed by atoms with Crippen molar-refractivity contribution in [3.05, 3.63) is 70.2 Å². The molecule has 30 heavy (non-hydrogen) atoms. The van der Waals surface area contributed by atoms with E-state index >= 15 is 0 Å². The molecule has 1 aliphatic rings. The van der Waals surface area contributed by atoms with Crippen LogP contribution in [0, 0.1) is 17.0 Å². The molecule has 1 unspecified atom stereocenters. The molecule has 1 amide bonds. The Hall–Kier alpha value is -2.47. The predicted octanol–water partition coefficient (Wildman–Crippen LogP) is 5.58. The molecule has 0 saturated carbocycles. The lowest BCUT2D eigenvalue weighted by Crippen LogP contribution is -2.39. The van der Waals surface area contributed by atoms with Crippen molar-refractivity contribution in [3.63, 3.8) is 0 Å². The van der Waals surface area contributed by atoms with E-state index in [1.165, 1.54) is 12.1 Å². The van der Waals surface area contributed by atoms with Crippen molar-refractivity contribution >= 4 is 23.2 Å². The molecule has 0 N–H and O–H groups in total. The van der Waals surface area contributed by atoms with Crippen LogP contribution in [0.1, 0.15) is 44.7 Å². The molecule has 3 rings (SSSR count). The molecule has 0 aliphatic carbocycles. The minimum absolute atomic E-state index is 0.0389. The summed E-state index contributed by atoms with van der Waals surface area (Å²) in [6.07, 6.45) is 0.475. The second-order valence-electron chi connectivity index (χ2n) is 8.72. The molecular weight excluding hydrogens is 410 g/mol. The van der Waals surface area contributed by atoms with E-state index in [2.05, 4.69) is 5.16 Å². The fourth-order valence-electron chi connectivity index (χ4n) is 3.26. The number of nitrogens with zero attached hydrogens (tertiary/aromatic N) is 2. The lowest BCUT2D eigenvalue weighted by atomic mass is 9.91. The van der Waals surface area contributed by atoms with Gasteiger partial charge in [0.25, 0.3) is 0 Å². The largest absolute Gasteiger partial charge is 0.390 e. The molecule has 7 heteroatoms. The first-order valence-corrected chi connectivity index (χ1v) is 10.2. The third-order valence-electron chi connectivity index (χ3n) is 4.75. The van der Waals surface area contributed by atoms with Gasteiger partial charge in [-0.15, -0.1) is 0 Å². The molecule has 2 aromatic carbocycles. The second-order valence-corrected chi connectivity index (χ2v) is 9.16. The number of rotatable bonds is 6. The molecule has 4 nitrogen and oxygen atoms in total. The summed E-state index contributed by atoms with van der Waals surface area (Å²) in [7, 11) is 0. The first kappa shape index (κ1) is 22.2. The van der Waals surface area contributed by atoms with E-state index in [4.69, 9.17) is 16.4 Å². The van der Waals surface area contributed by atoms with Crippen LogP contribution in [-0.2, 0) is 16.2 Å². The number of carbonyl (C=O) groups excluding carboxylic acids is 1. The van der Waals surface area contributed by atoms with Crippen molar-refractivity contribution in [2.75, 3.05) is 6.54 Å². The normalized spacial score (nSPS) is 16.2. The monoisotopic (exact) mass is 434 g/mol. The quantitative estimate of drug-likeness (QED) is 0.595. The van der Waals surface area contributed by atoms with Gasteiger partial charge in [-0.3, -0.25) is 4.79 Å². The highest BCUT2D eigenvalue weighted by Gasteiger charge is 2.29. The minimum Gasteiger partial charge on any atom is -0.390 e. The van der Waals surface area contributed by atoms with Gasteiger partial charge in [0, 0.05) is 36.0 Å². The van der Waals surface area contributed by atoms with Crippen LogP contribution in [0.4, 0.5) is 8.78 Å². The molecule has 160 valence electrons. The van der Waals surface area contributed by atoms with Gasteiger partial charge in [-0.1, -0.05) is 55.7 Å². The third kappa shape index (κ3) is 6.02. The molecule has 0 radical (unpaired) electrons. The van der Waals surface area contributed by atoms with E-state index in [-0.39, 0.29) is 36.1 Å². The Labute approximate surface area is 180 Å². The van der Waals surface area contributed by atoms with E-state index in [1.807, 2.05) is 32.9 Å². The van der Waals surface area contributed by atoms with E-state index in [9.17, 15) is 13.6 Å². The van der Waals surface area contributed by atoms with Crippen LogP contribution in [0.3, 0.4) is 0 Å². The summed E-state index contributed by atoms with van der Waals surface area (Å²) in [6.45, 7) is 6.20. The Morgan fingerprint density at radius 1 is 1.20 bits per heavy atom. The van der Waals surface area contributed by atoms with Gasteiger partial charge in [0.1, 0.15) is 11.6 Å². The Balaban J connectivity index is 1.72. The van der Waals surface area contributed by atoms with Crippen LogP contribution in [-0.4, -0.2) is 29.2 Å². The van der Waals surface area contributed by atoms with Crippen molar-refractivity contribution < 1.29 is 18.4 Å². The maximum atomic E-state index is 14.2. The number of halogens is 3. The smallest absolute Gasteiger partial charge is 0.223 e. The Bertz CT molecular complexity index is 939. The molecule has 0 aromatic heterocycles. The summed E-state index contributed by atoms with van der Waals surface area (Å²) in [5.74, 6) is -1.44. The van der Waals surface area contributed by atoms with Gasteiger partial charge in [0.15, 0.2) is 6.10 Å².